The van der Waals surface area contributed by atoms with Crippen molar-refractivity contribution in [3.05, 3.63) is 35.4 Å². The molecule has 0 amide bonds. The number of fused-ring (bicyclic) bond motifs is 1. The van der Waals surface area contributed by atoms with Crippen molar-refractivity contribution in [3.8, 4) is 0 Å². The second kappa shape index (κ2) is 3.42. The van der Waals surface area contributed by atoms with Crippen LogP contribution in [0.3, 0.4) is 0 Å². The van der Waals surface area contributed by atoms with E-state index in [1.54, 1.807) is 0 Å². The molecule has 2 atom stereocenters. The highest BCUT2D eigenvalue weighted by Gasteiger charge is 2.27. The van der Waals surface area contributed by atoms with Crippen LogP contribution in [0.25, 0.3) is 0 Å². The van der Waals surface area contributed by atoms with Crippen LogP contribution in [-0.4, -0.2) is 17.2 Å². The molecule has 1 aliphatic rings. The summed E-state index contributed by atoms with van der Waals surface area (Å²) < 4.78 is 0. The summed E-state index contributed by atoms with van der Waals surface area (Å²) in [5, 5.41) is 20.3. The Morgan fingerprint density at radius 2 is 1.86 bits per heavy atom. The fourth-order valence-electron chi connectivity index (χ4n) is 1.94. The molecule has 0 radical (unpaired) electrons. The van der Waals surface area contributed by atoms with Crippen molar-refractivity contribution in [1.29, 1.82) is 0 Å². The van der Waals surface area contributed by atoms with Crippen molar-refractivity contribution in [2.75, 3.05) is 0 Å². The van der Waals surface area contributed by atoms with Gasteiger partial charge in [0, 0.05) is 11.9 Å². The van der Waals surface area contributed by atoms with E-state index in [9.17, 15) is 15.0 Å². The van der Waals surface area contributed by atoms with Gasteiger partial charge < -0.3 is 15.0 Å². The van der Waals surface area contributed by atoms with Crippen molar-refractivity contribution >= 4 is 5.97 Å². The van der Waals surface area contributed by atoms with Gasteiger partial charge in [0.25, 0.3) is 0 Å². The zero-order chi connectivity index (χ0) is 10.1. The molecule has 0 spiro atoms. The molecule has 1 N–H and O–H groups in total. The molecule has 3 nitrogen and oxygen atoms in total. The third-order valence-corrected chi connectivity index (χ3v) is 2.75. The summed E-state index contributed by atoms with van der Waals surface area (Å²) in [4.78, 5) is 10.7. The molecule has 0 heterocycles. The third kappa shape index (κ3) is 1.51. The average molecular weight is 191 g/mol. The molecule has 0 aliphatic heterocycles. The largest absolute Gasteiger partial charge is 0.550 e. The molecule has 0 aromatic heterocycles. The van der Waals surface area contributed by atoms with Crippen LogP contribution < -0.4 is 5.11 Å². The van der Waals surface area contributed by atoms with E-state index in [1.807, 2.05) is 24.3 Å². The molecule has 2 rings (SSSR count). The summed E-state index contributed by atoms with van der Waals surface area (Å²) >= 11 is 0. The Bertz CT molecular complexity index is 359. The Labute approximate surface area is 82.0 Å². The summed E-state index contributed by atoms with van der Waals surface area (Å²) in [7, 11) is 0. The highest BCUT2D eigenvalue weighted by atomic mass is 16.4. The standard InChI is InChI=1S/C11H12O3/c12-10-6-8-4-2-1-3-7(8)5-9(10)11(13)14/h1-4,9-10,12H,5-6H2,(H,13,14)/p-1/t9-,10-/m0/s1. The highest BCUT2D eigenvalue weighted by Crippen LogP contribution is 2.25. The maximum absolute atomic E-state index is 10.7. The van der Waals surface area contributed by atoms with E-state index in [0.29, 0.717) is 12.8 Å². The Balaban J connectivity index is 2.31. The molecular weight excluding hydrogens is 180 g/mol. The molecule has 14 heavy (non-hydrogen) atoms. The lowest BCUT2D eigenvalue weighted by atomic mass is 9.82. The molecule has 0 saturated heterocycles. The van der Waals surface area contributed by atoms with E-state index in [-0.39, 0.29) is 0 Å². The number of hydrogen-bond acceptors (Lipinski definition) is 3. The minimum Gasteiger partial charge on any atom is -0.550 e. The monoisotopic (exact) mass is 191 g/mol. The van der Waals surface area contributed by atoms with Crippen LogP contribution >= 0.6 is 0 Å². The van der Waals surface area contributed by atoms with Gasteiger partial charge in [0.15, 0.2) is 0 Å². The first kappa shape index (κ1) is 9.21. The summed E-state index contributed by atoms with van der Waals surface area (Å²) in [6.45, 7) is 0. The van der Waals surface area contributed by atoms with Gasteiger partial charge in [0.2, 0.25) is 0 Å². The molecule has 1 aliphatic carbocycles. The third-order valence-electron chi connectivity index (χ3n) is 2.75. The maximum atomic E-state index is 10.7. The molecule has 1 aromatic rings. The lowest BCUT2D eigenvalue weighted by Crippen LogP contribution is -2.43. The first-order valence-electron chi connectivity index (χ1n) is 4.64. The number of carboxylic acid groups (broad SMARTS) is 1. The Kier molecular flexibility index (Phi) is 2.25. The van der Waals surface area contributed by atoms with Crippen LogP contribution in [-0.2, 0) is 17.6 Å². The predicted molar refractivity (Wildman–Crippen MR) is 48.4 cm³/mol. The van der Waals surface area contributed by atoms with Gasteiger partial charge in [-0.05, 0) is 24.0 Å². The topological polar surface area (TPSA) is 60.4 Å². The van der Waals surface area contributed by atoms with Gasteiger partial charge in [-0.1, -0.05) is 24.3 Å². The van der Waals surface area contributed by atoms with Crippen LogP contribution in [0.15, 0.2) is 24.3 Å². The molecule has 1 aromatic carbocycles. The van der Waals surface area contributed by atoms with E-state index in [1.165, 1.54) is 0 Å². The van der Waals surface area contributed by atoms with Crippen molar-refractivity contribution in [2.45, 2.75) is 18.9 Å². The number of benzene rings is 1. The smallest absolute Gasteiger partial charge is 0.0664 e. The molecule has 74 valence electrons. The highest BCUT2D eigenvalue weighted by molar-refractivity contribution is 5.69. The van der Waals surface area contributed by atoms with Crippen LogP contribution in [0.1, 0.15) is 11.1 Å². The van der Waals surface area contributed by atoms with Gasteiger partial charge in [-0.3, -0.25) is 0 Å². The lowest BCUT2D eigenvalue weighted by molar-refractivity contribution is -0.314. The van der Waals surface area contributed by atoms with Gasteiger partial charge >= 0.3 is 0 Å². The number of carboxylic acids is 1. The van der Waals surface area contributed by atoms with Crippen LogP contribution in [0.5, 0.6) is 0 Å². The summed E-state index contributed by atoms with van der Waals surface area (Å²) in [5.41, 5.74) is 2.05. The number of carbonyl (C=O) groups excluding carboxylic acids is 1. The molecule has 0 unspecified atom stereocenters. The fraction of sp³-hybridized carbons (Fsp3) is 0.364. The van der Waals surface area contributed by atoms with Gasteiger partial charge in [-0.2, -0.15) is 0 Å². The quantitative estimate of drug-likeness (QED) is 0.651. The number of aliphatic hydroxyl groups excluding tert-OH is 1. The zero-order valence-corrected chi connectivity index (χ0v) is 7.64. The SMILES string of the molecule is O=C([O-])[C@H]1Cc2ccccc2C[C@@H]1O. The first-order valence-corrected chi connectivity index (χ1v) is 4.64. The molecule has 3 heteroatoms. The van der Waals surface area contributed by atoms with Crippen molar-refractivity contribution in [3.63, 3.8) is 0 Å². The Morgan fingerprint density at radius 3 is 2.43 bits per heavy atom. The van der Waals surface area contributed by atoms with E-state index in [0.717, 1.165) is 11.1 Å². The van der Waals surface area contributed by atoms with E-state index in [4.69, 9.17) is 0 Å². The van der Waals surface area contributed by atoms with Gasteiger partial charge in [0.05, 0.1) is 6.10 Å². The van der Waals surface area contributed by atoms with Gasteiger partial charge in [-0.25, -0.2) is 0 Å². The summed E-state index contributed by atoms with van der Waals surface area (Å²) in [6.07, 6.45) is -0.0241. The molecular formula is C11H11O3-. The fourth-order valence-corrected chi connectivity index (χ4v) is 1.94. The normalized spacial score (nSPS) is 25.5. The van der Waals surface area contributed by atoms with E-state index < -0.39 is 18.0 Å². The minimum absolute atomic E-state index is 0.375. The van der Waals surface area contributed by atoms with Gasteiger partial charge in [0.1, 0.15) is 0 Å². The molecule has 0 bridgehead atoms. The molecule has 0 fully saturated rings. The first-order chi connectivity index (χ1) is 6.68. The summed E-state index contributed by atoms with van der Waals surface area (Å²) in [6, 6.07) is 7.59. The number of aliphatic hydroxyl groups is 1. The van der Waals surface area contributed by atoms with Crippen molar-refractivity contribution in [2.24, 2.45) is 5.92 Å². The second-order valence-corrected chi connectivity index (χ2v) is 3.67. The van der Waals surface area contributed by atoms with Crippen molar-refractivity contribution < 1.29 is 15.0 Å². The second-order valence-electron chi connectivity index (χ2n) is 3.67. The summed E-state index contributed by atoms with van der Waals surface area (Å²) in [5.74, 6) is -1.92. The number of carbonyl (C=O) groups is 1. The number of rotatable bonds is 1. The maximum Gasteiger partial charge on any atom is 0.0664 e. The Hall–Kier alpha value is -1.35. The van der Waals surface area contributed by atoms with Crippen LogP contribution in [0, 0.1) is 5.92 Å². The van der Waals surface area contributed by atoms with Crippen LogP contribution in [0.4, 0.5) is 0 Å². The number of aliphatic carboxylic acids is 1. The predicted octanol–water partition coefficient (Wildman–Crippen LogP) is -0.488. The zero-order valence-electron chi connectivity index (χ0n) is 7.64. The van der Waals surface area contributed by atoms with E-state index >= 15 is 0 Å². The van der Waals surface area contributed by atoms with Gasteiger partial charge in [-0.15, -0.1) is 0 Å². The average Bonchev–Trinajstić information content (AvgIpc) is 2.16. The van der Waals surface area contributed by atoms with E-state index in [2.05, 4.69) is 0 Å². The Morgan fingerprint density at radius 1 is 1.29 bits per heavy atom. The molecule has 0 saturated carbocycles. The van der Waals surface area contributed by atoms with Crippen molar-refractivity contribution in [1.82, 2.24) is 0 Å². The van der Waals surface area contributed by atoms with Crippen LogP contribution in [0.2, 0.25) is 0 Å². The lowest BCUT2D eigenvalue weighted by Gasteiger charge is -2.30. The minimum atomic E-state index is -1.16. The number of hydrogen-bond donors (Lipinski definition) is 1.